The Bertz CT molecular complexity index is 621. The van der Waals surface area contributed by atoms with Gasteiger partial charge in [-0.05, 0) is 24.4 Å². The van der Waals surface area contributed by atoms with Crippen molar-refractivity contribution < 1.29 is 18.9 Å². The van der Waals surface area contributed by atoms with Gasteiger partial charge in [-0.3, -0.25) is 10.3 Å². The van der Waals surface area contributed by atoms with Crippen LogP contribution in [0.3, 0.4) is 0 Å². The van der Waals surface area contributed by atoms with E-state index in [9.17, 15) is 0 Å². The van der Waals surface area contributed by atoms with E-state index < -0.39 is 0 Å². The zero-order chi connectivity index (χ0) is 18.8. The average molecular weight is 382 g/mol. The van der Waals surface area contributed by atoms with E-state index in [1.54, 1.807) is 33.6 Å². The standard InChI is InChI=1S/C17H26N4O4S/c1-22-14-5-4-13(15(23-2)16(14)24-3)12-19-20-17(26)18-6-7-21-8-10-25-11-9-21/h4-5,12H,6-11H2,1-3H3,(H2,18,20,26). The van der Waals surface area contributed by atoms with Crippen LogP contribution in [0.5, 0.6) is 17.2 Å². The minimum atomic E-state index is 0.467. The summed E-state index contributed by atoms with van der Waals surface area (Å²) in [7, 11) is 4.71. The van der Waals surface area contributed by atoms with E-state index in [0.717, 1.165) is 45.0 Å². The van der Waals surface area contributed by atoms with Gasteiger partial charge in [-0.15, -0.1) is 0 Å². The molecule has 0 spiro atoms. The van der Waals surface area contributed by atoms with E-state index in [4.69, 9.17) is 31.2 Å². The lowest BCUT2D eigenvalue weighted by atomic mass is 10.2. The predicted molar refractivity (Wildman–Crippen MR) is 105 cm³/mol. The van der Waals surface area contributed by atoms with Gasteiger partial charge >= 0.3 is 0 Å². The normalized spacial score (nSPS) is 14.9. The summed E-state index contributed by atoms with van der Waals surface area (Å²) in [5.41, 5.74) is 3.55. The molecule has 0 amide bonds. The highest BCUT2D eigenvalue weighted by atomic mass is 32.1. The van der Waals surface area contributed by atoms with Gasteiger partial charge in [0.2, 0.25) is 5.75 Å². The minimum absolute atomic E-state index is 0.467. The average Bonchev–Trinajstić information content (AvgIpc) is 2.68. The number of methoxy groups -OCH3 is 3. The van der Waals surface area contributed by atoms with E-state index in [-0.39, 0.29) is 0 Å². The SMILES string of the molecule is COc1ccc(C=NNC(=S)NCCN2CCOCC2)c(OC)c1OC. The maximum Gasteiger partial charge on any atom is 0.203 e. The highest BCUT2D eigenvalue weighted by molar-refractivity contribution is 7.80. The lowest BCUT2D eigenvalue weighted by Crippen LogP contribution is -2.42. The predicted octanol–water partition coefficient (Wildman–Crippen LogP) is 0.843. The Morgan fingerprint density at radius 1 is 1.19 bits per heavy atom. The van der Waals surface area contributed by atoms with Crippen molar-refractivity contribution in [3.63, 3.8) is 0 Å². The molecule has 0 unspecified atom stereocenters. The summed E-state index contributed by atoms with van der Waals surface area (Å²) < 4.78 is 21.4. The Morgan fingerprint density at radius 2 is 1.92 bits per heavy atom. The zero-order valence-electron chi connectivity index (χ0n) is 15.4. The molecule has 9 heteroatoms. The minimum Gasteiger partial charge on any atom is -0.493 e. The first-order valence-electron chi connectivity index (χ1n) is 8.35. The molecule has 0 aromatic heterocycles. The summed E-state index contributed by atoms with van der Waals surface area (Å²) in [6.07, 6.45) is 1.62. The highest BCUT2D eigenvalue weighted by Crippen LogP contribution is 2.38. The number of nitrogens with one attached hydrogen (secondary N) is 2. The third-order valence-electron chi connectivity index (χ3n) is 3.92. The monoisotopic (exact) mass is 382 g/mol. The Morgan fingerprint density at radius 3 is 2.58 bits per heavy atom. The van der Waals surface area contributed by atoms with Gasteiger partial charge in [-0.25, -0.2) is 0 Å². The van der Waals surface area contributed by atoms with Crippen LogP contribution >= 0.6 is 12.2 Å². The zero-order valence-corrected chi connectivity index (χ0v) is 16.2. The molecule has 2 rings (SSSR count). The number of hydrazone groups is 1. The molecule has 26 heavy (non-hydrogen) atoms. The number of benzene rings is 1. The number of rotatable bonds is 8. The third-order valence-corrected chi connectivity index (χ3v) is 4.16. The van der Waals surface area contributed by atoms with Crippen molar-refractivity contribution in [3.05, 3.63) is 17.7 Å². The van der Waals surface area contributed by atoms with E-state index in [0.29, 0.717) is 22.4 Å². The first kappa shape index (κ1) is 20.2. The fourth-order valence-electron chi connectivity index (χ4n) is 2.58. The maximum atomic E-state index is 5.41. The van der Waals surface area contributed by atoms with E-state index in [1.165, 1.54) is 0 Å². The molecule has 1 aromatic carbocycles. The van der Waals surface area contributed by atoms with Gasteiger partial charge in [-0.2, -0.15) is 5.10 Å². The number of hydrogen-bond donors (Lipinski definition) is 2. The van der Waals surface area contributed by atoms with Gasteiger partial charge in [-0.1, -0.05) is 0 Å². The summed E-state index contributed by atoms with van der Waals surface area (Å²) in [6.45, 7) is 5.16. The van der Waals surface area contributed by atoms with Gasteiger partial charge in [0, 0.05) is 31.7 Å². The number of hydrogen-bond acceptors (Lipinski definition) is 7. The first-order valence-corrected chi connectivity index (χ1v) is 8.76. The number of nitrogens with zero attached hydrogens (tertiary/aromatic N) is 2. The van der Waals surface area contributed by atoms with Crippen LogP contribution < -0.4 is 25.0 Å². The summed E-state index contributed by atoms with van der Waals surface area (Å²) in [5.74, 6) is 1.66. The molecule has 1 aliphatic heterocycles. The Kier molecular flexibility index (Phi) is 8.39. The first-order chi connectivity index (χ1) is 12.7. The number of morpholine rings is 1. The van der Waals surface area contributed by atoms with Crippen molar-refractivity contribution in [2.45, 2.75) is 0 Å². The van der Waals surface area contributed by atoms with Crippen LogP contribution in [0.15, 0.2) is 17.2 Å². The van der Waals surface area contributed by atoms with Gasteiger partial charge in [0.05, 0.1) is 40.8 Å². The van der Waals surface area contributed by atoms with Crippen molar-refractivity contribution in [2.75, 3.05) is 60.7 Å². The van der Waals surface area contributed by atoms with Crippen LogP contribution in [0.25, 0.3) is 0 Å². The molecule has 1 aliphatic rings. The Balaban J connectivity index is 1.84. The van der Waals surface area contributed by atoms with Crippen molar-refractivity contribution in [1.82, 2.24) is 15.6 Å². The summed E-state index contributed by atoms with van der Waals surface area (Å²) in [5, 5.41) is 7.76. The third kappa shape index (κ3) is 5.72. The van der Waals surface area contributed by atoms with E-state index in [2.05, 4.69) is 20.7 Å². The van der Waals surface area contributed by atoms with Crippen molar-refractivity contribution in [3.8, 4) is 17.2 Å². The maximum absolute atomic E-state index is 5.41. The van der Waals surface area contributed by atoms with Crippen molar-refractivity contribution in [2.24, 2.45) is 5.10 Å². The van der Waals surface area contributed by atoms with Gasteiger partial charge in [0.15, 0.2) is 16.6 Å². The molecule has 1 fully saturated rings. The van der Waals surface area contributed by atoms with Crippen LogP contribution in [0.4, 0.5) is 0 Å². The highest BCUT2D eigenvalue weighted by Gasteiger charge is 2.14. The molecule has 0 atom stereocenters. The van der Waals surface area contributed by atoms with Crippen molar-refractivity contribution >= 4 is 23.5 Å². The molecular formula is C17H26N4O4S. The molecule has 1 heterocycles. The van der Waals surface area contributed by atoms with Crippen LogP contribution in [0.2, 0.25) is 0 Å². The van der Waals surface area contributed by atoms with Crippen LogP contribution in [-0.2, 0) is 4.74 Å². The molecule has 144 valence electrons. The number of thiocarbonyl (C=S) groups is 1. The van der Waals surface area contributed by atoms with Gasteiger partial charge in [0.25, 0.3) is 0 Å². The van der Waals surface area contributed by atoms with Crippen LogP contribution in [0, 0.1) is 0 Å². The van der Waals surface area contributed by atoms with Crippen LogP contribution in [-0.4, -0.2) is 76.9 Å². The molecule has 1 saturated heterocycles. The molecular weight excluding hydrogens is 356 g/mol. The molecule has 2 N–H and O–H groups in total. The Hall–Kier alpha value is -2.10. The van der Waals surface area contributed by atoms with Crippen molar-refractivity contribution in [1.29, 1.82) is 0 Å². The second-order valence-corrected chi connectivity index (χ2v) is 5.91. The molecule has 0 bridgehead atoms. The lowest BCUT2D eigenvalue weighted by Gasteiger charge is -2.26. The van der Waals surface area contributed by atoms with E-state index in [1.807, 2.05) is 6.07 Å². The fraction of sp³-hybridized carbons (Fsp3) is 0.529. The van der Waals surface area contributed by atoms with Gasteiger partial charge in [0.1, 0.15) is 0 Å². The van der Waals surface area contributed by atoms with Gasteiger partial charge < -0.3 is 24.3 Å². The molecule has 0 saturated carbocycles. The van der Waals surface area contributed by atoms with Crippen LogP contribution in [0.1, 0.15) is 5.56 Å². The molecule has 1 aromatic rings. The Labute approximate surface area is 159 Å². The second kappa shape index (κ2) is 10.8. The van der Waals surface area contributed by atoms with E-state index >= 15 is 0 Å². The molecule has 8 nitrogen and oxygen atoms in total. The topological polar surface area (TPSA) is 76.6 Å². The second-order valence-electron chi connectivity index (χ2n) is 5.50. The summed E-state index contributed by atoms with van der Waals surface area (Å²) >= 11 is 5.23. The summed E-state index contributed by atoms with van der Waals surface area (Å²) in [6, 6.07) is 3.63. The smallest absolute Gasteiger partial charge is 0.203 e. The number of ether oxygens (including phenoxy) is 4. The molecule has 0 radical (unpaired) electrons. The molecule has 0 aliphatic carbocycles. The summed E-state index contributed by atoms with van der Waals surface area (Å²) in [4.78, 5) is 2.33. The largest absolute Gasteiger partial charge is 0.493 e. The lowest BCUT2D eigenvalue weighted by molar-refractivity contribution is 0.0389. The quantitative estimate of drug-likeness (QED) is 0.389. The fourth-order valence-corrected chi connectivity index (χ4v) is 2.73.